The van der Waals surface area contributed by atoms with Crippen molar-refractivity contribution in [2.75, 3.05) is 6.54 Å². The van der Waals surface area contributed by atoms with Crippen LogP contribution < -0.4 is 5.32 Å². The number of furan rings is 1. The maximum atomic E-state index is 13.5. The summed E-state index contributed by atoms with van der Waals surface area (Å²) in [6.07, 6.45) is 2.73. The van der Waals surface area contributed by atoms with Gasteiger partial charge in [-0.05, 0) is 48.9 Å². The lowest BCUT2D eigenvalue weighted by atomic mass is 10.2. The summed E-state index contributed by atoms with van der Waals surface area (Å²) >= 11 is 1.58. The summed E-state index contributed by atoms with van der Waals surface area (Å²) in [4.78, 5) is 0.935. The van der Waals surface area contributed by atoms with Crippen LogP contribution >= 0.6 is 11.8 Å². The molecule has 19 heavy (non-hydrogen) atoms. The molecule has 0 radical (unpaired) electrons. The van der Waals surface area contributed by atoms with Gasteiger partial charge in [0, 0.05) is 11.4 Å². The topological polar surface area (TPSA) is 25.2 Å². The molecule has 0 aliphatic heterocycles. The van der Waals surface area contributed by atoms with Gasteiger partial charge in [-0.2, -0.15) is 0 Å². The smallest absolute Gasteiger partial charge is 0.124 e. The van der Waals surface area contributed by atoms with Crippen LogP contribution in [0.25, 0.3) is 0 Å². The van der Waals surface area contributed by atoms with Gasteiger partial charge in [0.15, 0.2) is 0 Å². The monoisotopic (exact) mass is 279 g/mol. The van der Waals surface area contributed by atoms with Gasteiger partial charge in [0.05, 0.1) is 12.0 Å². The molecule has 102 valence electrons. The molecule has 0 saturated heterocycles. The Balaban J connectivity index is 1.95. The highest BCUT2D eigenvalue weighted by atomic mass is 32.2. The van der Waals surface area contributed by atoms with Crippen molar-refractivity contribution in [1.29, 1.82) is 0 Å². The molecule has 1 heterocycles. The third kappa shape index (κ3) is 4.73. The lowest BCUT2D eigenvalue weighted by molar-refractivity contribution is 0.530. The fourth-order valence-corrected chi connectivity index (χ4v) is 2.67. The zero-order valence-corrected chi connectivity index (χ0v) is 11.8. The second-order valence-electron chi connectivity index (χ2n) is 4.34. The van der Waals surface area contributed by atoms with Crippen molar-refractivity contribution in [2.24, 2.45) is 0 Å². The predicted octanol–water partition coefficient (Wildman–Crippen LogP) is 4.21. The van der Waals surface area contributed by atoms with Gasteiger partial charge in [-0.1, -0.05) is 6.92 Å². The Morgan fingerprint density at radius 2 is 2.21 bits per heavy atom. The van der Waals surface area contributed by atoms with Crippen molar-refractivity contribution >= 4 is 11.8 Å². The molecule has 0 aliphatic rings. The van der Waals surface area contributed by atoms with E-state index in [0.717, 1.165) is 34.9 Å². The van der Waals surface area contributed by atoms with E-state index < -0.39 is 0 Å². The maximum Gasteiger partial charge on any atom is 0.124 e. The van der Waals surface area contributed by atoms with E-state index in [1.807, 2.05) is 18.2 Å². The summed E-state index contributed by atoms with van der Waals surface area (Å²) in [5, 5.41) is 3.28. The Morgan fingerprint density at radius 1 is 1.32 bits per heavy atom. The highest BCUT2D eigenvalue weighted by molar-refractivity contribution is 7.98. The summed E-state index contributed by atoms with van der Waals surface area (Å²) in [7, 11) is 0. The molecule has 1 N–H and O–H groups in total. The standard InChI is InChI=1S/C15H18FNOS/c1-2-5-17-10-12-7-13(16)9-15(8-12)19-11-14-4-3-6-18-14/h3-4,6-9,17H,2,5,10-11H2,1H3. The number of rotatable bonds is 7. The lowest BCUT2D eigenvalue weighted by Gasteiger charge is -2.06. The van der Waals surface area contributed by atoms with Crippen molar-refractivity contribution in [3.63, 3.8) is 0 Å². The number of hydrogen-bond acceptors (Lipinski definition) is 3. The van der Waals surface area contributed by atoms with Crippen LogP contribution in [-0.4, -0.2) is 6.54 Å². The van der Waals surface area contributed by atoms with Gasteiger partial charge >= 0.3 is 0 Å². The Kier molecular flexibility index (Phi) is 5.48. The minimum Gasteiger partial charge on any atom is -0.468 e. The van der Waals surface area contributed by atoms with E-state index in [1.54, 1.807) is 30.2 Å². The van der Waals surface area contributed by atoms with Crippen LogP contribution in [0.5, 0.6) is 0 Å². The second-order valence-corrected chi connectivity index (χ2v) is 5.39. The predicted molar refractivity (Wildman–Crippen MR) is 76.7 cm³/mol. The van der Waals surface area contributed by atoms with Crippen molar-refractivity contribution in [3.05, 3.63) is 53.7 Å². The second kappa shape index (κ2) is 7.36. The van der Waals surface area contributed by atoms with Gasteiger partial charge in [-0.15, -0.1) is 11.8 Å². The molecule has 0 saturated carbocycles. The van der Waals surface area contributed by atoms with E-state index in [-0.39, 0.29) is 5.82 Å². The number of thioether (sulfide) groups is 1. The van der Waals surface area contributed by atoms with E-state index in [9.17, 15) is 4.39 Å². The average Bonchev–Trinajstić information content (AvgIpc) is 2.89. The van der Waals surface area contributed by atoms with Crippen LogP contribution in [0.2, 0.25) is 0 Å². The number of hydrogen-bond donors (Lipinski definition) is 1. The van der Waals surface area contributed by atoms with E-state index in [0.29, 0.717) is 6.54 Å². The van der Waals surface area contributed by atoms with Crippen LogP contribution in [-0.2, 0) is 12.3 Å². The SMILES string of the molecule is CCCNCc1cc(F)cc(SCc2ccco2)c1. The highest BCUT2D eigenvalue weighted by Gasteiger charge is 2.03. The molecule has 1 aromatic carbocycles. The fourth-order valence-electron chi connectivity index (χ4n) is 1.76. The third-order valence-corrected chi connectivity index (χ3v) is 3.65. The molecule has 2 aromatic rings. The van der Waals surface area contributed by atoms with Crippen molar-refractivity contribution in [2.45, 2.75) is 30.5 Å². The molecular formula is C15H18FNOS. The fraction of sp³-hybridized carbons (Fsp3) is 0.333. The first kappa shape index (κ1) is 14.2. The first-order chi connectivity index (χ1) is 9.28. The molecule has 0 aliphatic carbocycles. The molecule has 0 atom stereocenters. The highest BCUT2D eigenvalue weighted by Crippen LogP contribution is 2.25. The third-order valence-electron chi connectivity index (χ3n) is 2.65. The van der Waals surface area contributed by atoms with Gasteiger partial charge in [-0.3, -0.25) is 0 Å². The number of halogens is 1. The van der Waals surface area contributed by atoms with Gasteiger partial charge in [0.2, 0.25) is 0 Å². The maximum absolute atomic E-state index is 13.5. The Labute approximate surface area is 117 Å². The summed E-state index contributed by atoms with van der Waals surface area (Å²) in [6.45, 7) is 3.77. The zero-order chi connectivity index (χ0) is 13.5. The van der Waals surface area contributed by atoms with E-state index in [1.165, 1.54) is 0 Å². The van der Waals surface area contributed by atoms with Crippen LogP contribution in [0, 0.1) is 5.82 Å². The molecule has 2 nitrogen and oxygen atoms in total. The van der Waals surface area contributed by atoms with E-state index in [4.69, 9.17) is 4.42 Å². The van der Waals surface area contributed by atoms with Crippen LogP contribution in [0.4, 0.5) is 4.39 Å². The molecule has 0 unspecified atom stereocenters. The summed E-state index contributed by atoms with van der Waals surface area (Å²) in [5.74, 6) is 1.44. The first-order valence-electron chi connectivity index (χ1n) is 6.43. The summed E-state index contributed by atoms with van der Waals surface area (Å²) in [5.41, 5.74) is 0.982. The summed E-state index contributed by atoms with van der Waals surface area (Å²) < 4.78 is 18.8. The van der Waals surface area contributed by atoms with E-state index >= 15 is 0 Å². The number of benzene rings is 1. The Bertz CT molecular complexity index is 499. The summed E-state index contributed by atoms with van der Waals surface area (Å²) in [6, 6.07) is 8.97. The van der Waals surface area contributed by atoms with Gasteiger partial charge < -0.3 is 9.73 Å². The first-order valence-corrected chi connectivity index (χ1v) is 7.42. The van der Waals surface area contributed by atoms with Crippen LogP contribution in [0.3, 0.4) is 0 Å². The quantitative estimate of drug-likeness (QED) is 0.607. The molecule has 1 aromatic heterocycles. The minimum atomic E-state index is -0.183. The van der Waals surface area contributed by atoms with Gasteiger partial charge in [0.25, 0.3) is 0 Å². The molecular weight excluding hydrogens is 261 g/mol. The lowest BCUT2D eigenvalue weighted by Crippen LogP contribution is -2.13. The Morgan fingerprint density at radius 3 is 2.95 bits per heavy atom. The largest absolute Gasteiger partial charge is 0.468 e. The van der Waals surface area contributed by atoms with Crippen molar-refractivity contribution in [3.8, 4) is 0 Å². The van der Waals surface area contributed by atoms with Crippen molar-refractivity contribution < 1.29 is 8.81 Å². The van der Waals surface area contributed by atoms with Gasteiger partial charge in [-0.25, -0.2) is 4.39 Å². The molecule has 2 rings (SSSR count). The van der Waals surface area contributed by atoms with E-state index in [2.05, 4.69) is 12.2 Å². The Hall–Kier alpha value is -1.26. The van der Waals surface area contributed by atoms with Crippen LogP contribution in [0.1, 0.15) is 24.7 Å². The van der Waals surface area contributed by atoms with Crippen molar-refractivity contribution in [1.82, 2.24) is 5.32 Å². The number of nitrogens with one attached hydrogen (secondary N) is 1. The molecule has 0 amide bonds. The van der Waals surface area contributed by atoms with Crippen LogP contribution in [0.15, 0.2) is 45.9 Å². The minimum absolute atomic E-state index is 0.183. The normalized spacial score (nSPS) is 10.8. The molecule has 0 fully saturated rings. The molecule has 0 spiro atoms. The zero-order valence-electron chi connectivity index (χ0n) is 11.0. The van der Waals surface area contributed by atoms with Gasteiger partial charge in [0.1, 0.15) is 11.6 Å². The molecule has 4 heteroatoms. The molecule has 0 bridgehead atoms. The average molecular weight is 279 g/mol.